The van der Waals surface area contributed by atoms with E-state index in [4.69, 9.17) is 16.4 Å². The molecule has 5 heteroatoms. The van der Waals surface area contributed by atoms with E-state index in [9.17, 15) is 4.79 Å². The van der Waals surface area contributed by atoms with E-state index < -0.39 is 0 Å². The number of nitrogens with zero attached hydrogens (tertiary/aromatic N) is 2. The fourth-order valence-electron chi connectivity index (χ4n) is 8.70. The zero-order chi connectivity index (χ0) is 27.7. The number of ether oxygens (including phenoxy) is 1. The highest BCUT2D eigenvalue weighted by atomic mass is 16.5. The summed E-state index contributed by atoms with van der Waals surface area (Å²) in [6.45, 7) is 9.70. The summed E-state index contributed by atoms with van der Waals surface area (Å²) in [5, 5.41) is 10.5. The summed E-state index contributed by atoms with van der Waals surface area (Å²) in [5.41, 5.74) is 1.53. The Morgan fingerprint density at radius 2 is 1.87 bits per heavy atom. The van der Waals surface area contributed by atoms with Crippen molar-refractivity contribution in [1.82, 2.24) is 10.3 Å². The summed E-state index contributed by atoms with van der Waals surface area (Å²) >= 11 is 0. The Bertz CT molecular complexity index is 977. The molecular weight excluding hydrogens is 470 g/mol. The molecule has 8 atom stereocenters. The first kappa shape index (κ1) is 30.2. The fraction of sp³-hybridized carbons (Fsp3) is 0.727. The summed E-state index contributed by atoms with van der Waals surface area (Å²) in [5.74, 6) is 8.42. The number of carbonyl (C=O) groups is 1. The molecule has 4 aliphatic rings. The number of hydrogen-bond acceptors (Lipinski definition) is 4. The quantitative estimate of drug-likeness (QED) is 0.430. The number of fused-ring (bicyclic) bond motifs is 5. The van der Waals surface area contributed by atoms with E-state index in [1.54, 1.807) is 24.4 Å². The van der Waals surface area contributed by atoms with E-state index in [1.165, 1.54) is 64.7 Å². The van der Waals surface area contributed by atoms with E-state index in [0.717, 1.165) is 48.7 Å². The SMILES string of the molecule is C#Cc1ccc(C(=O)NCC2CCC3C4CCC5CC(COC)CCC5C4CCC23C)nc1.CC.CC#N. The smallest absolute Gasteiger partial charge is 0.269 e. The van der Waals surface area contributed by atoms with Gasteiger partial charge in [0.25, 0.3) is 5.91 Å². The van der Waals surface area contributed by atoms with Gasteiger partial charge in [-0.15, -0.1) is 6.42 Å². The molecule has 4 saturated carbocycles. The molecule has 5 nitrogen and oxygen atoms in total. The number of hydrogen-bond donors (Lipinski definition) is 1. The third-order valence-corrected chi connectivity index (χ3v) is 10.3. The summed E-state index contributed by atoms with van der Waals surface area (Å²) in [4.78, 5) is 16.9. The highest BCUT2D eigenvalue weighted by Crippen LogP contribution is 2.64. The molecule has 0 aromatic carbocycles. The van der Waals surface area contributed by atoms with Crippen molar-refractivity contribution in [1.29, 1.82) is 5.26 Å². The van der Waals surface area contributed by atoms with Gasteiger partial charge in [-0.1, -0.05) is 26.7 Å². The maximum Gasteiger partial charge on any atom is 0.269 e. The highest BCUT2D eigenvalue weighted by molar-refractivity contribution is 5.92. The number of nitrogens with one attached hydrogen (secondary N) is 1. The lowest BCUT2D eigenvalue weighted by molar-refractivity contribution is -0.0712. The van der Waals surface area contributed by atoms with Gasteiger partial charge in [0.15, 0.2) is 0 Å². The third kappa shape index (κ3) is 6.43. The third-order valence-electron chi connectivity index (χ3n) is 10.3. The number of nitriles is 1. The second kappa shape index (κ2) is 14.1. The highest BCUT2D eigenvalue weighted by Gasteiger charge is 2.56. The average molecular weight is 520 g/mol. The van der Waals surface area contributed by atoms with Crippen molar-refractivity contribution >= 4 is 5.91 Å². The van der Waals surface area contributed by atoms with E-state index in [2.05, 4.69) is 23.1 Å². The fourth-order valence-corrected chi connectivity index (χ4v) is 8.70. The first-order valence-electron chi connectivity index (χ1n) is 15.0. The van der Waals surface area contributed by atoms with Crippen LogP contribution in [0.2, 0.25) is 0 Å². The molecule has 5 rings (SSSR count). The van der Waals surface area contributed by atoms with Crippen LogP contribution in [-0.4, -0.2) is 31.2 Å². The number of rotatable bonds is 5. The first-order chi connectivity index (χ1) is 18.4. The van der Waals surface area contributed by atoms with Crippen LogP contribution < -0.4 is 5.32 Å². The molecule has 0 spiro atoms. The number of amides is 1. The number of terminal acetylenes is 1. The van der Waals surface area contributed by atoms with Gasteiger partial charge in [0, 0.05) is 38.9 Å². The summed E-state index contributed by atoms with van der Waals surface area (Å²) < 4.78 is 5.49. The Hall–Kier alpha value is -2.37. The van der Waals surface area contributed by atoms with Crippen LogP contribution in [0.25, 0.3) is 0 Å². The Morgan fingerprint density at radius 3 is 2.53 bits per heavy atom. The predicted octanol–water partition coefficient (Wildman–Crippen LogP) is 6.88. The van der Waals surface area contributed by atoms with E-state index >= 15 is 0 Å². The Balaban J connectivity index is 0.000000748. The van der Waals surface area contributed by atoms with Crippen LogP contribution in [0.15, 0.2) is 18.3 Å². The average Bonchev–Trinajstić information content (AvgIpc) is 3.29. The lowest BCUT2D eigenvalue weighted by Gasteiger charge is -2.56. The molecule has 4 fully saturated rings. The second-order valence-corrected chi connectivity index (χ2v) is 11.9. The molecule has 1 aromatic heterocycles. The van der Waals surface area contributed by atoms with E-state index in [1.807, 2.05) is 21.0 Å². The van der Waals surface area contributed by atoms with E-state index in [0.29, 0.717) is 22.6 Å². The molecule has 0 bridgehead atoms. The van der Waals surface area contributed by atoms with Crippen LogP contribution in [0.4, 0.5) is 0 Å². The molecule has 0 aliphatic heterocycles. The van der Waals surface area contributed by atoms with Crippen LogP contribution in [0, 0.1) is 70.5 Å². The lowest BCUT2D eigenvalue weighted by atomic mass is 9.49. The molecule has 0 radical (unpaired) electrons. The van der Waals surface area contributed by atoms with Gasteiger partial charge in [-0.25, -0.2) is 4.98 Å². The van der Waals surface area contributed by atoms with Gasteiger partial charge in [0.1, 0.15) is 5.69 Å². The Kier molecular flexibility index (Phi) is 11.2. The standard InChI is InChI=1S/C29H40N2O2.C2H3N.C2H6/c1-4-19-6-12-27(30-16-19)28(32)31-17-22-8-11-26-25-10-7-21-15-20(18-33-3)5-9-23(21)24(25)13-14-29(22,26)2;1-2-3;1-2/h1,6,12,16,20-26H,5,7-11,13-15,17-18H2,2-3H3,(H,31,32);1H3;1-2H3. The van der Waals surface area contributed by atoms with Gasteiger partial charge >= 0.3 is 0 Å². The number of pyridine rings is 1. The lowest BCUT2D eigenvalue weighted by Crippen LogP contribution is -2.49. The molecule has 1 aromatic rings. The molecule has 1 amide bonds. The van der Waals surface area contributed by atoms with Gasteiger partial charge < -0.3 is 10.1 Å². The monoisotopic (exact) mass is 519 g/mol. The number of methoxy groups -OCH3 is 1. The van der Waals surface area contributed by atoms with Crippen LogP contribution in [0.5, 0.6) is 0 Å². The topological polar surface area (TPSA) is 75.0 Å². The van der Waals surface area contributed by atoms with Crippen LogP contribution in [0.3, 0.4) is 0 Å². The van der Waals surface area contributed by atoms with E-state index in [-0.39, 0.29) is 5.91 Å². The summed E-state index contributed by atoms with van der Waals surface area (Å²) in [6.07, 6.45) is 19.4. The van der Waals surface area contributed by atoms with Crippen molar-refractivity contribution in [2.45, 2.75) is 85.5 Å². The maximum atomic E-state index is 12.7. The van der Waals surface area contributed by atoms with Gasteiger partial charge in [0.05, 0.1) is 6.07 Å². The summed E-state index contributed by atoms with van der Waals surface area (Å²) in [6, 6.07) is 5.27. The zero-order valence-electron chi connectivity index (χ0n) is 24.3. The minimum atomic E-state index is -0.0763. The van der Waals surface area contributed by atoms with Crippen molar-refractivity contribution in [3.63, 3.8) is 0 Å². The number of aromatic nitrogens is 1. The number of carbonyl (C=O) groups excluding carboxylic acids is 1. The minimum absolute atomic E-state index is 0.0763. The molecule has 1 N–H and O–H groups in total. The van der Waals surface area contributed by atoms with Gasteiger partial charge in [-0.05, 0) is 117 Å². The van der Waals surface area contributed by atoms with Crippen molar-refractivity contribution < 1.29 is 9.53 Å². The Morgan fingerprint density at radius 1 is 1.13 bits per heavy atom. The molecule has 1 heterocycles. The minimum Gasteiger partial charge on any atom is -0.384 e. The molecule has 4 aliphatic carbocycles. The summed E-state index contributed by atoms with van der Waals surface area (Å²) in [7, 11) is 1.86. The normalized spacial score (nSPS) is 34.8. The predicted molar refractivity (Wildman–Crippen MR) is 153 cm³/mol. The van der Waals surface area contributed by atoms with Crippen LogP contribution in [0.1, 0.15) is 102 Å². The molecule has 0 saturated heterocycles. The van der Waals surface area contributed by atoms with Crippen molar-refractivity contribution in [2.24, 2.45) is 46.8 Å². The molecule has 38 heavy (non-hydrogen) atoms. The molecular formula is C33H49N3O2. The van der Waals surface area contributed by atoms with Gasteiger partial charge in [-0.2, -0.15) is 5.26 Å². The Labute approximate surface area is 231 Å². The van der Waals surface area contributed by atoms with Crippen molar-refractivity contribution in [2.75, 3.05) is 20.3 Å². The maximum absolute atomic E-state index is 12.7. The van der Waals surface area contributed by atoms with Crippen molar-refractivity contribution in [3.8, 4) is 18.4 Å². The zero-order valence-corrected chi connectivity index (χ0v) is 24.3. The van der Waals surface area contributed by atoms with Crippen LogP contribution in [-0.2, 0) is 4.74 Å². The first-order valence-corrected chi connectivity index (χ1v) is 15.0. The van der Waals surface area contributed by atoms with Crippen LogP contribution >= 0.6 is 0 Å². The molecule has 208 valence electrons. The molecule has 8 unspecified atom stereocenters. The largest absolute Gasteiger partial charge is 0.384 e. The second-order valence-electron chi connectivity index (χ2n) is 11.9. The van der Waals surface area contributed by atoms with Crippen molar-refractivity contribution in [3.05, 3.63) is 29.6 Å². The van der Waals surface area contributed by atoms with Gasteiger partial charge in [-0.3, -0.25) is 4.79 Å². The van der Waals surface area contributed by atoms with Gasteiger partial charge in [0.2, 0.25) is 0 Å².